The van der Waals surface area contributed by atoms with Crippen LogP contribution < -0.4 is 0 Å². The molecule has 0 aliphatic rings. The maximum absolute atomic E-state index is 5.34. The van der Waals surface area contributed by atoms with Crippen molar-refractivity contribution in [2.75, 3.05) is 13.2 Å². The highest BCUT2D eigenvalue weighted by Crippen LogP contribution is 2.29. The van der Waals surface area contributed by atoms with E-state index in [-0.39, 0.29) is 3.23 Å². The summed E-state index contributed by atoms with van der Waals surface area (Å²) in [7, 11) is 0. The van der Waals surface area contributed by atoms with Gasteiger partial charge >= 0.3 is 0 Å². The van der Waals surface area contributed by atoms with E-state index >= 15 is 0 Å². The predicted molar refractivity (Wildman–Crippen MR) is 52.0 cm³/mol. The highest BCUT2D eigenvalue weighted by atomic mass is 79.9. The van der Waals surface area contributed by atoms with Crippen LogP contribution in [0.2, 0.25) is 0 Å². The molecular formula is C7H14Br2O. The minimum absolute atomic E-state index is 0.00479. The molecule has 0 heterocycles. The largest absolute Gasteiger partial charge is 0.379 e. The van der Waals surface area contributed by atoms with Crippen LogP contribution in [-0.2, 0) is 4.74 Å². The minimum atomic E-state index is -0.00479. The van der Waals surface area contributed by atoms with Crippen LogP contribution in [0.5, 0.6) is 0 Å². The number of halogens is 2. The summed E-state index contributed by atoms with van der Waals surface area (Å²) in [6.45, 7) is 5.80. The molecule has 3 heteroatoms. The molecule has 1 nitrogen and oxygen atoms in total. The third-order valence-electron chi connectivity index (χ3n) is 1.18. The van der Waals surface area contributed by atoms with E-state index in [1.165, 1.54) is 0 Å². The number of ether oxygens (including phenoxy) is 1. The summed E-state index contributed by atoms with van der Waals surface area (Å²) in [5.41, 5.74) is 0. The molecular weight excluding hydrogens is 260 g/mol. The second-order valence-electron chi connectivity index (χ2n) is 2.26. The molecule has 0 N–H and O–H groups in total. The first-order chi connectivity index (χ1) is 4.62. The average molecular weight is 274 g/mol. The third-order valence-corrected chi connectivity index (χ3v) is 2.76. The fraction of sp³-hybridized carbons (Fsp3) is 1.00. The van der Waals surface area contributed by atoms with Crippen LogP contribution in [0.1, 0.15) is 26.7 Å². The monoisotopic (exact) mass is 272 g/mol. The van der Waals surface area contributed by atoms with E-state index < -0.39 is 0 Å². The summed E-state index contributed by atoms with van der Waals surface area (Å²) in [5, 5.41) is 0. The van der Waals surface area contributed by atoms with E-state index in [1.54, 1.807) is 0 Å². The normalized spacial score (nSPS) is 12.0. The zero-order valence-corrected chi connectivity index (χ0v) is 9.66. The molecule has 0 saturated carbocycles. The van der Waals surface area contributed by atoms with Crippen LogP contribution in [0.25, 0.3) is 0 Å². The quantitative estimate of drug-likeness (QED) is 0.552. The highest BCUT2D eigenvalue weighted by Gasteiger charge is 2.19. The molecule has 0 amide bonds. The van der Waals surface area contributed by atoms with Crippen molar-refractivity contribution < 1.29 is 4.74 Å². The van der Waals surface area contributed by atoms with Gasteiger partial charge in [0.1, 0.15) is 3.23 Å². The van der Waals surface area contributed by atoms with Gasteiger partial charge in [-0.25, -0.2) is 0 Å². The Morgan fingerprint density at radius 2 is 1.90 bits per heavy atom. The summed E-state index contributed by atoms with van der Waals surface area (Å²) in [4.78, 5) is 0. The van der Waals surface area contributed by atoms with Gasteiger partial charge in [0.05, 0.1) is 6.61 Å². The van der Waals surface area contributed by atoms with Crippen molar-refractivity contribution in [3.63, 3.8) is 0 Å². The van der Waals surface area contributed by atoms with Gasteiger partial charge in [-0.1, -0.05) is 45.7 Å². The highest BCUT2D eigenvalue weighted by molar-refractivity contribution is 9.25. The van der Waals surface area contributed by atoms with Gasteiger partial charge in [0, 0.05) is 6.61 Å². The Labute approximate surface area is 79.8 Å². The van der Waals surface area contributed by atoms with Crippen molar-refractivity contribution in [2.45, 2.75) is 29.9 Å². The number of rotatable bonds is 5. The SMILES string of the molecule is CCCOCC(Br)(Br)CC. The van der Waals surface area contributed by atoms with E-state index in [9.17, 15) is 0 Å². The standard InChI is InChI=1S/C7H14Br2O/c1-3-5-10-6-7(8,9)4-2/h3-6H2,1-2H3. The zero-order valence-electron chi connectivity index (χ0n) is 6.49. The Kier molecular flexibility index (Phi) is 6.07. The molecule has 0 unspecified atom stereocenters. The Balaban J connectivity index is 3.28. The third kappa shape index (κ3) is 5.69. The molecule has 0 saturated heterocycles. The lowest BCUT2D eigenvalue weighted by molar-refractivity contribution is 0.132. The van der Waals surface area contributed by atoms with Gasteiger partial charge in [-0.05, 0) is 12.8 Å². The van der Waals surface area contributed by atoms with E-state index in [0.717, 1.165) is 26.1 Å². The van der Waals surface area contributed by atoms with Crippen molar-refractivity contribution in [1.82, 2.24) is 0 Å². The van der Waals surface area contributed by atoms with E-state index in [0.29, 0.717) is 0 Å². The number of hydrogen-bond donors (Lipinski definition) is 0. The average Bonchev–Trinajstić information content (AvgIpc) is 1.89. The fourth-order valence-corrected chi connectivity index (χ4v) is 0.792. The smallest absolute Gasteiger partial charge is 0.103 e. The molecule has 0 rings (SSSR count). The summed E-state index contributed by atoms with van der Waals surface area (Å²) in [6, 6.07) is 0. The van der Waals surface area contributed by atoms with Gasteiger partial charge in [0.15, 0.2) is 0 Å². The molecule has 0 spiro atoms. The first-order valence-electron chi connectivity index (χ1n) is 3.58. The Bertz CT molecular complexity index is 83.7. The summed E-state index contributed by atoms with van der Waals surface area (Å²) >= 11 is 7.01. The van der Waals surface area contributed by atoms with Gasteiger partial charge in [-0.15, -0.1) is 0 Å². The molecule has 0 aliphatic carbocycles. The molecule has 0 aromatic rings. The summed E-state index contributed by atoms with van der Waals surface area (Å²) < 4.78 is 5.34. The molecule has 10 heavy (non-hydrogen) atoms. The minimum Gasteiger partial charge on any atom is -0.379 e. The van der Waals surface area contributed by atoms with Crippen LogP contribution in [-0.4, -0.2) is 16.4 Å². The molecule has 0 aliphatic heterocycles. The summed E-state index contributed by atoms with van der Waals surface area (Å²) in [5.74, 6) is 0. The van der Waals surface area contributed by atoms with Gasteiger partial charge < -0.3 is 4.74 Å². The maximum atomic E-state index is 5.34. The van der Waals surface area contributed by atoms with Crippen LogP contribution in [0.15, 0.2) is 0 Å². The summed E-state index contributed by atoms with van der Waals surface area (Å²) in [6.07, 6.45) is 2.11. The lowest BCUT2D eigenvalue weighted by Gasteiger charge is -2.17. The van der Waals surface area contributed by atoms with Crippen LogP contribution >= 0.6 is 31.9 Å². The molecule has 62 valence electrons. The topological polar surface area (TPSA) is 9.23 Å². The molecule has 0 radical (unpaired) electrons. The molecule has 0 aromatic heterocycles. The van der Waals surface area contributed by atoms with E-state index in [4.69, 9.17) is 4.74 Å². The number of alkyl halides is 2. The van der Waals surface area contributed by atoms with Gasteiger partial charge in [-0.3, -0.25) is 0 Å². The van der Waals surface area contributed by atoms with Crippen molar-refractivity contribution >= 4 is 31.9 Å². The van der Waals surface area contributed by atoms with Crippen LogP contribution in [0.4, 0.5) is 0 Å². The number of hydrogen-bond acceptors (Lipinski definition) is 1. The molecule has 0 atom stereocenters. The van der Waals surface area contributed by atoms with Crippen LogP contribution in [0.3, 0.4) is 0 Å². The van der Waals surface area contributed by atoms with E-state index in [1.807, 2.05) is 0 Å². The second-order valence-corrected chi connectivity index (χ2v) is 6.36. The molecule has 0 aromatic carbocycles. The van der Waals surface area contributed by atoms with E-state index in [2.05, 4.69) is 45.7 Å². The van der Waals surface area contributed by atoms with Gasteiger partial charge in [0.25, 0.3) is 0 Å². The Morgan fingerprint density at radius 3 is 2.30 bits per heavy atom. The predicted octanol–water partition coefficient (Wildman–Crippen LogP) is 3.31. The maximum Gasteiger partial charge on any atom is 0.103 e. The van der Waals surface area contributed by atoms with Gasteiger partial charge in [-0.2, -0.15) is 0 Å². The van der Waals surface area contributed by atoms with Crippen molar-refractivity contribution in [2.24, 2.45) is 0 Å². The van der Waals surface area contributed by atoms with Gasteiger partial charge in [0.2, 0.25) is 0 Å². The molecule has 0 bridgehead atoms. The first-order valence-corrected chi connectivity index (χ1v) is 5.16. The fourth-order valence-electron chi connectivity index (χ4n) is 0.468. The first kappa shape index (κ1) is 10.9. The lowest BCUT2D eigenvalue weighted by atomic mass is 10.3. The van der Waals surface area contributed by atoms with Crippen molar-refractivity contribution in [1.29, 1.82) is 0 Å². The van der Waals surface area contributed by atoms with Crippen molar-refractivity contribution in [3.05, 3.63) is 0 Å². The Hall–Kier alpha value is 0.920. The lowest BCUT2D eigenvalue weighted by Crippen LogP contribution is -2.18. The van der Waals surface area contributed by atoms with Crippen molar-refractivity contribution in [3.8, 4) is 0 Å². The zero-order chi connectivity index (χ0) is 8.04. The Morgan fingerprint density at radius 1 is 1.30 bits per heavy atom. The van der Waals surface area contributed by atoms with Crippen LogP contribution in [0, 0.1) is 0 Å². The second kappa shape index (κ2) is 5.56. The molecule has 0 fully saturated rings.